The summed E-state index contributed by atoms with van der Waals surface area (Å²) in [6.45, 7) is 7.76. The van der Waals surface area contributed by atoms with Gasteiger partial charge in [0.15, 0.2) is 0 Å². The molecule has 3 N–H and O–H groups in total. The highest BCUT2D eigenvalue weighted by Crippen LogP contribution is 2.03. The van der Waals surface area contributed by atoms with Gasteiger partial charge >= 0.3 is 0 Å². The van der Waals surface area contributed by atoms with E-state index in [1.54, 1.807) is 13.8 Å². The summed E-state index contributed by atoms with van der Waals surface area (Å²) >= 11 is 0. The van der Waals surface area contributed by atoms with Crippen molar-refractivity contribution in [1.29, 1.82) is 0 Å². The summed E-state index contributed by atoms with van der Waals surface area (Å²) in [6, 6.07) is -0.0940. The maximum Gasteiger partial charge on any atom is 0.213 e. The summed E-state index contributed by atoms with van der Waals surface area (Å²) in [7, 11) is -3.16. The van der Waals surface area contributed by atoms with Gasteiger partial charge in [-0.1, -0.05) is 13.8 Å². The second kappa shape index (κ2) is 5.68. The first-order valence-electron chi connectivity index (χ1n) is 4.99. The Balaban J connectivity index is 3.95. The normalized spacial score (nSPS) is 15.1. The molecule has 0 aromatic carbocycles. The smallest absolute Gasteiger partial charge is 0.213 e. The Morgan fingerprint density at radius 3 is 2.07 bits per heavy atom. The van der Waals surface area contributed by atoms with Crippen molar-refractivity contribution in [1.82, 2.24) is 4.72 Å². The quantitative estimate of drug-likeness (QED) is 0.694. The van der Waals surface area contributed by atoms with Crippen LogP contribution in [0.4, 0.5) is 0 Å². The predicted molar refractivity (Wildman–Crippen MR) is 59.5 cm³/mol. The number of sulfonamides is 1. The summed E-state index contributed by atoms with van der Waals surface area (Å²) in [5.41, 5.74) is 5.76. The Labute approximate surface area is 87.3 Å². The zero-order valence-corrected chi connectivity index (χ0v) is 10.3. The minimum absolute atomic E-state index is 0.0940. The average molecular weight is 222 g/mol. The molecule has 0 saturated heterocycles. The zero-order chi connectivity index (χ0) is 11.4. The molecule has 0 heterocycles. The summed E-state index contributed by atoms with van der Waals surface area (Å²) in [6.07, 6.45) is 0.834. The third-order valence-electron chi connectivity index (χ3n) is 1.94. The molecule has 0 radical (unpaired) electrons. The van der Waals surface area contributed by atoms with Crippen LogP contribution in [0.5, 0.6) is 0 Å². The molecule has 0 aliphatic carbocycles. The lowest BCUT2D eigenvalue weighted by Gasteiger charge is -2.16. The molecule has 14 heavy (non-hydrogen) atoms. The summed E-state index contributed by atoms with van der Waals surface area (Å²) in [5, 5.41) is -0.395. The van der Waals surface area contributed by atoms with Crippen molar-refractivity contribution in [3.05, 3.63) is 0 Å². The molecule has 0 aliphatic rings. The van der Waals surface area contributed by atoms with Crippen LogP contribution in [0, 0.1) is 5.92 Å². The lowest BCUT2D eigenvalue weighted by Crippen LogP contribution is -2.40. The van der Waals surface area contributed by atoms with Crippen molar-refractivity contribution < 1.29 is 8.42 Å². The molecule has 0 fully saturated rings. The molecule has 0 aliphatic heterocycles. The highest BCUT2D eigenvalue weighted by molar-refractivity contribution is 7.90. The van der Waals surface area contributed by atoms with Gasteiger partial charge in [0.1, 0.15) is 0 Å². The van der Waals surface area contributed by atoms with Gasteiger partial charge in [0.25, 0.3) is 0 Å². The molecule has 0 aromatic heterocycles. The summed E-state index contributed by atoms with van der Waals surface area (Å²) in [5.74, 6) is 0.494. The van der Waals surface area contributed by atoms with E-state index in [0.717, 1.165) is 6.42 Å². The van der Waals surface area contributed by atoms with E-state index in [1.165, 1.54) is 0 Å². The first-order chi connectivity index (χ1) is 6.25. The van der Waals surface area contributed by atoms with Crippen LogP contribution >= 0.6 is 0 Å². The molecule has 0 saturated carbocycles. The van der Waals surface area contributed by atoms with Gasteiger partial charge in [-0.05, 0) is 26.2 Å². The molecule has 0 amide bonds. The number of hydrogen-bond acceptors (Lipinski definition) is 3. The third-order valence-corrected chi connectivity index (χ3v) is 3.75. The number of nitrogens with one attached hydrogen (secondary N) is 1. The molecule has 0 aromatic rings. The van der Waals surface area contributed by atoms with E-state index in [2.05, 4.69) is 18.6 Å². The molecule has 1 unspecified atom stereocenters. The van der Waals surface area contributed by atoms with E-state index in [-0.39, 0.29) is 6.04 Å². The van der Waals surface area contributed by atoms with Crippen LogP contribution < -0.4 is 10.5 Å². The topological polar surface area (TPSA) is 72.2 Å². The van der Waals surface area contributed by atoms with Gasteiger partial charge in [-0.15, -0.1) is 0 Å². The zero-order valence-electron chi connectivity index (χ0n) is 9.45. The molecule has 4 nitrogen and oxygen atoms in total. The molecule has 86 valence electrons. The number of nitrogens with two attached hydrogens (primary N) is 1. The molecule has 0 spiro atoms. The van der Waals surface area contributed by atoms with Gasteiger partial charge in [0.05, 0.1) is 5.25 Å². The highest BCUT2D eigenvalue weighted by Gasteiger charge is 2.16. The average Bonchev–Trinajstić information content (AvgIpc) is 1.99. The van der Waals surface area contributed by atoms with Gasteiger partial charge in [-0.3, -0.25) is 0 Å². The van der Waals surface area contributed by atoms with Crippen molar-refractivity contribution in [2.24, 2.45) is 11.7 Å². The van der Waals surface area contributed by atoms with Crippen molar-refractivity contribution in [3.63, 3.8) is 0 Å². The van der Waals surface area contributed by atoms with Gasteiger partial charge in [0.2, 0.25) is 10.0 Å². The summed E-state index contributed by atoms with van der Waals surface area (Å²) in [4.78, 5) is 0. The monoisotopic (exact) mass is 222 g/mol. The molecule has 5 heteroatoms. The SMILES string of the molecule is CC(C)CC(N)CNS(=O)(=O)C(C)C. The highest BCUT2D eigenvalue weighted by atomic mass is 32.2. The Kier molecular flexibility index (Phi) is 5.63. The first-order valence-corrected chi connectivity index (χ1v) is 6.54. The molecular formula is C9H22N2O2S. The minimum atomic E-state index is -3.16. The summed E-state index contributed by atoms with van der Waals surface area (Å²) < 4.78 is 25.2. The lowest BCUT2D eigenvalue weighted by atomic mass is 10.1. The van der Waals surface area contributed by atoms with Crippen molar-refractivity contribution >= 4 is 10.0 Å². The van der Waals surface area contributed by atoms with Crippen LogP contribution in [0.2, 0.25) is 0 Å². The van der Waals surface area contributed by atoms with Gasteiger partial charge < -0.3 is 5.73 Å². The van der Waals surface area contributed by atoms with Crippen molar-refractivity contribution in [2.45, 2.75) is 45.4 Å². The Morgan fingerprint density at radius 1 is 1.21 bits per heavy atom. The standard InChI is InChI=1S/C9H22N2O2S/c1-7(2)5-9(10)6-11-14(12,13)8(3)4/h7-9,11H,5-6,10H2,1-4H3. The van der Waals surface area contributed by atoms with Gasteiger partial charge in [-0.2, -0.15) is 0 Å². The minimum Gasteiger partial charge on any atom is -0.327 e. The van der Waals surface area contributed by atoms with Crippen molar-refractivity contribution in [2.75, 3.05) is 6.54 Å². The maximum atomic E-state index is 11.4. The Bertz CT molecular complexity index is 248. The maximum absolute atomic E-state index is 11.4. The van der Waals surface area contributed by atoms with E-state index >= 15 is 0 Å². The first kappa shape index (κ1) is 13.9. The fourth-order valence-electron chi connectivity index (χ4n) is 1.08. The second-order valence-corrected chi connectivity index (χ2v) is 6.65. The molecule has 0 rings (SSSR count). The van der Waals surface area contributed by atoms with Crippen LogP contribution in [0.3, 0.4) is 0 Å². The van der Waals surface area contributed by atoms with Crippen LogP contribution in [0.15, 0.2) is 0 Å². The van der Waals surface area contributed by atoms with Crippen LogP contribution in [0.1, 0.15) is 34.1 Å². The number of hydrogen-bond donors (Lipinski definition) is 2. The fraction of sp³-hybridized carbons (Fsp3) is 1.00. The second-order valence-electron chi connectivity index (χ2n) is 4.33. The van der Waals surface area contributed by atoms with Gasteiger partial charge in [-0.25, -0.2) is 13.1 Å². The van der Waals surface area contributed by atoms with Crippen LogP contribution in [-0.4, -0.2) is 26.3 Å². The predicted octanol–water partition coefficient (Wildman–Crippen LogP) is 0.688. The molecule has 1 atom stereocenters. The molecular weight excluding hydrogens is 200 g/mol. The molecule has 0 bridgehead atoms. The Hall–Kier alpha value is -0.130. The van der Waals surface area contributed by atoms with Crippen molar-refractivity contribution in [3.8, 4) is 0 Å². The number of rotatable bonds is 6. The van der Waals surface area contributed by atoms with E-state index in [1.807, 2.05) is 0 Å². The van der Waals surface area contributed by atoms with E-state index < -0.39 is 15.3 Å². The Morgan fingerprint density at radius 2 is 1.71 bits per heavy atom. The fourth-order valence-corrected chi connectivity index (χ4v) is 1.86. The van der Waals surface area contributed by atoms with Crippen LogP contribution in [0.25, 0.3) is 0 Å². The van der Waals surface area contributed by atoms with Crippen LogP contribution in [-0.2, 0) is 10.0 Å². The van der Waals surface area contributed by atoms with Gasteiger partial charge in [0, 0.05) is 12.6 Å². The largest absolute Gasteiger partial charge is 0.327 e. The van der Waals surface area contributed by atoms with E-state index in [9.17, 15) is 8.42 Å². The lowest BCUT2D eigenvalue weighted by molar-refractivity contribution is 0.484. The van der Waals surface area contributed by atoms with E-state index in [4.69, 9.17) is 5.73 Å². The third kappa shape index (κ3) is 5.57. The van der Waals surface area contributed by atoms with E-state index in [0.29, 0.717) is 12.5 Å².